The van der Waals surface area contributed by atoms with Crippen molar-refractivity contribution in [2.75, 3.05) is 18.2 Å². The molecular weight excluding hydrogens is 354 g/mol. The van der Waals surface area contributed by atoms with Crippen molar-refractivity contribution >= 4 is 23.2 Å². The smallest absolute Gasteiger partial charge is 0.255 e. The number of nitrogens with one attached hydrogen (secondary N) is 2. The fraction of sp³-hybridized carbons (Fsp3) is 0.0909. The molecular formula is C22H21N3O3. The van der Waals surface area contributed by atoms with E-state index in [-0.39, 0.29) is 11.8 Å². The van der Waals surface area contributed by atoms with Crippen LogP contribution in [0.2, 0.25) is 0 Å². The highest BCUT2D eigenvalue weighted by atomic mass is 16.5. The summed E-state index contributed by atoms with van der Waals surface area (Å²) in [5.74, 6) is 0.187. The van der Waals surface area contributed by atoms with Crippen molar-refractivity contribution in [1.82, 2.24) is 5.32 Å². The molecule has 3 aromatic carbocycles. The van der Waals surface area contributed by atoms with E-state index in [4.69, 9.17) is 10.5 Å². The number of hydrogen-bond acceptors (Lipinski definition) is 4. The van der Waals surface area contributed by atoms with Gasteiger partial charge >= 0.3 is 0 Å². The van der Waals surface area contributed by atoms with E-state index in [9.17, 15) is 9.59 Å². The molecule has 28 heavy (non-hydrogen) atoms. The maximum absolute atomic E-state index is 12.3. The topological polar surface area (TPSA) is 93.4 Å². The third-order valence-electron chi connectivity index (χ3n) is 4.21. The van der Waals surface area contributed by atoms with Gasteiger partial charge in [0.2, 0.25) is 0 Å². The minimum atomic E-state index is -0.245. The van der Waals surface area contributed by atoms with Crippen molar-refractivity contribution in [3.63, 3.8) is 0 Å². The largest absolute Gasteiger partial charge is 0.497 e. The molecule has 0 radical (unpaired) electrons. The number of nitrogen functional groups attached to an aromatic ring is 1. The highest BCUT2D eigenvalue weighted by Gasteiger charge is 2.09. The van der Waals surface area contributed by atoms with E-state index < -0.39 is 0 Å². The summed E-state index contributed by atoms with van der Waals surface area (Å²) in [5.41, 5.74) is 8.83. The maximum atomic E-state index is 12.3. The Labute approximate surface area is 163 Å². The van der Waals surface area contributed by atoms with Crippen LogP contribution in [-0.4, -0.2) is 18.9 Å². The third kappa shape index (κ3) is 4.67. The molecule has 142 valence electrons. The molecule has 3 aromatic rings. The van der Waals surface area contributed by atoms with Gasteiger partial charge in [-0.1, -0.05) is 30.3 Å². The summed E-state index contributed by atoms with van der Waals surface area (Å²) < 4.78 is 5.13. The molecule has 0 saturated carbocycles. The van der Waals surface area contributed by atoms with Crippen LogP contribution >= 0.6 is 0 Å². The average Bonchev–Trinajstić information content (AvgIpc) is 2.74. The van der Waals surface area contributed by atoms with Crippen LogP contribution in [0.1, 0.15) is 26.3 Å². The Morgan fingerprint density at radius 2 is 1.64 bits per heavy atom. The summed E-state index contributed by atoms with van der Waals surface area (Å²) >= 11 is 0. The van der Waals surface area contributed by atoms with E-state index >= 15 is 0 Å². The Morgan fingerprint density at radius 1 is 0.893 bits per heavy atom. The average molecular weight is 375 g/mol. The first-order chi connectivity index (χ1) is 13.6. The zero-order chi connectivity index (χ0) is 19.9. The lowest BCUT2D eigenvalue weighted by Crippen LogP contribution is -2.22. The predicted molar refractivity (Wildman–Crippen MR) is 109 cm³/mol. The number of rotatable bonds is 6. The molecule has 0 aliphatic carbocycles. The maximum Gasteiger partial charge on any atom is 0.255 e. The van der Waals surface area contributed by atoms with Gasteiger partial charge in [-0.25, -0.2) is 0 Å². The minimum absolute atomic E-state index is 0.194. The monoisotopic (exact) mass is 375 g/mol. The molecule has 0 aromatic heterocycles. The number of hydrogen-bond donors (Lipinski definition) is 3. The zero-order valence-corrected chi connectivity index (χ0v) is 15.4. The molecule has 0 spiro atoms. The molecule has 3 rings (SSSR count). The Bertz CT molecular complexity index is 984. The van der Waals surface area contributed by atoms with E-state index in [2.05, 4.69) is 10.6 Å². The van der Waals surface area contributed by atoms with Gasteiger partial charge in [0.05, 0.1) is 18.5 Å². The van der Waals surface area contributed by atoms with Crippen LogP contribution in [0.25, 0.3) is 0 Å². The van der Waals surface area contributed by atoms with Crippen LogP contribution in [0.3, 0.4) is 0 Å². The third-order valence-corrected chi connectivity index (χ3v) is 4.21. The molecule has 2 amide bonds. The number of anilines is 2. The van der Waals surface area contributed by atoms with Gasteiger partial charge in [0.1, 0.15) is 5.75 Å². The molecule has 6 nitrogen and oxygen atoms in total. The summed E-state index contributed by atoms with van der Waals surface area (Å²) in [5, 5.41) is 5.63. The number of nitrogens with two attached hydrogens (primary N) is 1. The molecule has 0 heterocycles. The molecule has 4 N–H and O–H groups in total. The Balaban J connectivity index is 1.59. The van der Waals surface area contributed by atoms with Crippen LogP contribution in [0.15, 0.2) is 72.8 Å². The molecule has 0 atom stereocenters. The van der Waals surface area contributed by atoms with Crippen molar-refractivity contribution in [2.24, 2.45) is 0 Å². The molecule has 0 unspecified atom stereocenters. The van der Waals surface area contributed by atoms with Crippen molar-refractivity contribution in [3.8, 4) is 5.75 Å². The van der Waals surface area contributed by atoms with Crippen molar-refractivity contribution in [3.05, 3.63) is 89.5 Å². The second-order valence-electron chi connectivity index (χ2n) is 6.15. The lowest BCUT2D eigenvalue weighted by molar-refractivity contribution is 0.0949. The number of carbonyl (C=O) groups excluding carboxylic acids is 2. The second-order valence-corrected chi connectivity index (χ2v) is 6.15. The summed E-state index contributed by atoms with van der Waals surface area (Å²) in [6.07, 6.45) is 0. The number of carbonyl (C=O) groups is 2. The fourth-order valence-corrected chi connectivity index (χ4v) is 2.63. The van der Waals surface area contributed by atoms with E-state index in [0.29, 0.717) is 34.8 Å². The first-order valence-electron chi connectivity index (χ1n) is 8.74. The fourth-order valence-electron chi connectivity index (χ4n) is 2.63. The van der Waals surface area contributed by atoms with Gasteiger partial charge in [0, 0.05) is 17.7 Å². The Hall–Kier alpha value is -3.80. The van der Waals surface area contributed by atoms with E-state index in [1.54, 1.807) is 79.9 Å². The number of methoxy groups -OCH3 is 1. The van der Waals surface area contributed by atoms with Crippen molar-refractivity contribution in [1.29, 1.82) is 0 Å². The summed E-state index contributed by atoms with van der Waals surface area (Å²) in [6, 6.07) is 21.1. The summed E-state index contributed by atoms with van der Waals surface area (Å²) in [4.78, 5) is 24.6. The summed E-state index contributed by atoms with van der Waals surface area (Å²) in [7, 11) is 1.56. The van der Waals surface area contributed by atoms with Gasteiger partial charge in [0.25, 0.3) is 11.8 Å². The standard InChI is InChI=1S/C22H21N3O3/c1-28-18-6-4-5-17(13-18)21(26)24-14-15-9-11-16(12-10-15)22(27)25-20-8-3-2-7-19(20)23/h2-13H,14,23H2,1H3,(H,24,26)(H,25,27). The highest BCUT2D eigenvalue weighted by molar-refractivity contribution is 6.05. The lowest BCUT2D eigenvalue weighted by atomic mass is 10.1. The predicted octanol–water partition coefficient (Wildman–Crippen LogP) is 3.46. The van der Waals surface area contributed by atoms with Gasteiger partial charge in [-0.15, -0.1) is 0 Å². The molecule has 0 bridgehead atoms. The van der Waals surface area contributed by atoms with Crippen LogP contribution < -0.4 is 21.1 Å². The number of amides is 2. The van der Waals surface area contributed by atoms with E-state index in [1.165, 1.54) is 0 Å². The first-order valence-corrected chi connectivity index (χ1v) is 8.74. The van der Waals surface area contributed by atoms with E-state index in [1.807, 2.05) is 0 Å². The molecule has 0 saturated heterocycles. The highest BCUT2D eigenvalue weighted by Crippen LogP contribution is 2.18. The zero-order valence-electron chi connectivity index (χ0n) is 15.4. The molecule has 6 heteroatoms. The SMILES string of the molecule is COc1cccc(C(=O)NCc2ccc(C(=O)Nc3ccccc3N)cc2)c1. The molecule has 0 aliphatic rings. The normalized spacial score (nSPS) is 10.2. The number of benzene rings is 3. The quantitative estimate of drug-likeness (QED) is 0.575. The van der Waals surface area contributed by atoms with E-state index in [0.717, 1.165) is 5.56 Å². The van der Waals surface area contributed by atoms with Crippen molar-refractivity contribution < 1.29 is 14.3 Å². The van der Waals surface area contributed by atoms with Gasteiger partial charge in [0.15, 0.2) is 0 Å². The Morgan fingerprint density at radius 3 is 2.36 bits per heavy atom. The number of para-hydroxylation sites is 2. The van der Waals surface area contributed by atoms with Crippen LogP contribution in [0, 0.1) is 0 Å². The van der Waals surface area contributed by atoms with Crippen LogP contribution in [-0.2, 0) is 6.54 Å². The second kappa shape index (κ2) is 8.73. The van der Waals surface area contributed by atoms with Gasteiger partial charge in [-0.3, -0.25) is 9.59 Å². The minimum Gasteiger partial charge on any atom is -0.497 e. The summed E-state index contributed by atoms with van der Waals surface area (Å²) in [6.45, 7) is 0.351. The molecule has 0 fully saturated rings. The van der Waals surface area contributed by atoms with Crippen LogP contribution in [0.5, 0.6) is 5.75 Å². The van der Waals surface area contributed by atoms with Gasteiger partial charge < -0.3 is 21.1 Å². The lowest BCUT2D eigenvalue weighted by Gasteiger charge is -2.09. The van der Waals surface area contributed by atoms with Gasteiger partial charge in [-0.2, -0.15) is 0 Å². The Kier molecular flexibility index (Phi) is 5.91. The van der Waals surface area contributed by atoms with Gasteiger partial charge in [-0.05, 0) is 48.0 Å². The van der Waals surface area contributed by atoms with Crippen molar-refractivity contribution in [2.45, 2.75) is 6.54 Å². The first kappa shape index (κ1) is 19.0. The number of ether oxygens (including phenoxy) is 1. The van der Waals surface area contributed by atoms with Crippen LogP contribution in [0.4, 0.5) is 11.4 Å². The molecule has 0 aliphatic heterocycles.